The van der Waals surface area contributed by atoms with Crippen LogP contribution in [0.2, 0.25) is 0 Å². The van der Waals surface area contributed by atoms with Crippen molar-refractivity contribution in [3.8, 4) is 5.75 Å². The number of hydrogen-bond acceptors (Lipinski definition) is 5. The van der Waals surface area contributed by atoms with Gasteiger partial charge in [-0.1, -0.05) is 12.1 Å². The maximum Gasteiger partial charge on any atom is 0.193 e. The second-order valence-corrected chi connectivity index (χ2v) is 7.40. The monoisotopic (exact) mass is 375 g/mol. The molecule has 2 aliphatic rings. The van der Waals surface area contributed by atoms with Crippen LogP contribution in [0, 0.1) is 0 Å². The zero-order valence-corrected chi connectivity index (χ0v) is 16.8. The van der Waals surface area contributed by atoms with Gasteiger partial charge in [-0.2, -0.15) is 0 Å². The number of piperazine rings is 1. The van der Waals surface area contributed by atoms with E-state index < -0.39 is 0 Å². The van der Waals surface area contributed by atoms with E-state index in [1.54, 1.807) is 6.07 Å². The summed E-state index contributed by atoms with van der Waals surface area (Å²) in [6, 6.07) is 8.44. The Morgan fingerprint density at radius 3 is 2.67 bits per heavy atom. The van der Waals surface area contributed by atoms with Crippen LogP contribution in [0.5, 0.6) is 5.75 Å². The zero-order valence-electron chi connectivity index (χ0n) is 16.8. The molecule has 2 heterocycles. The van der Waals surface area contributed by atoms with E-state index in [1.165, 1.54) is 0 Å². The highest BCUT2D eigenvalue weighted by Gasteiger charge is 2.25. The van der Waals surface area contributed by atoms with E-state index in [9.17, 15) is 5.11 Å². The topological polar surface area (TPSA) is 63.6 Å². The molecule has 7 heteroatoms. The van der Waals surface area contributed by atoms with Crippen LogP contribution in [0.1, 0.15) is 13.8 Å². The molecule has 0 spiro atoms. The number of ether oxygens (including phenoxy) is 1. The van der Waals surface area contributed by atoms with Gasteiger partial charge in [-0.3, -0.25) is 9.89 Å². The van der Waals surface area contributed by atoms with Gasteiger partial charge in [0, 0.05) is 58.4 Å². The number of rotatable bonds is 4. The SMILES string of the molecule is CN=C(NCC(C)N1CCOCC1C)N1CCN(c2ccccc2O)CC1. The molecule has 2 fully saturated rings. The average molecular weight is 376 g/mol. The summed E-state index contributed by atoms with van der Waals surface area (Å²) >= 11 is 0. The van der Waals surface area contributed by atoms with E-state index in [0.717, 1.165) is 64.1 Å². The van der Waals surface area contributed by atoms with Crippen LogP contribution in [0.25, 0.3) is 0 Å². The minimum absolute atomic E-state index is 0.349. The molecule has 150 valence electrons. The molecule has 7 nitrogen and oxygen atoms in total. The van der Waals surface area contributed by atoms with Gasteiger partial charge in [-0.05, 0) is 26.0 Å². The van der Waals surface area contributed by atoms with Crippen molar-refractivity contribution >= 4 is 11.6 Å². The molecule has 0 aromatic heterocycles. The van der Waals surface area contributed by atoms with E-state index in [0.29, 0.717) is 17.8 Å². The third kappa shape index (κ3) is 4.84. The van der Waals surface area contributed by atoms with E-state index in [1.807, 2.05) is 25.2 Å². The Hall–Kier alpha value is -1.99. The molecule has 0 aliphatic carbocycles. The van der Waals surface area contributed by atoms with Crippen molar-refractivity contribution in [1.82, 2.24) is 15.1 Å². The number of aliphatic imine (C=N–C) groups is 1. The quantitative estimate of drug-likeness (QED) is 0.609. The summed E-state index contributed by atoms with van der Waals surface area (Å²) < 4.78 is 5.54. The Labute approximate surface area is 162 Å². The molecular weight excluding hydrogens is 342 g/mol. The minimum Gasteiger partial charge on any atom is -0.506 e. The van der Waals surface area contributed by atoms with Gasteiger partial charge < -0.3 is 25.0 Å². The fraction of sp³-hybridized carbons (Fsp3) is 0.650. The predicted molar refractivity (Wildman–Crippen MR) is 110 cm³/mol. The molecule has 2 atom stereocenters. The van der Waals surface area contributed by atoms with Gasteiger partial charge in [0.05, 0.1) is 18.9 Å². The van der Waals surface area contributed by atoms with Gasteiger partial charge in [-0.15, -0.1) is 0 Å². The molecule has 0 amide bonds. The number of phenols is 1. The average Bonchev–Trinajstić information content (AvgIpc) is 2.69. The maximum absolute atomic E-state index is 10.1. The van der Waals surface area contributed by atoms with E-state index in [2.05, 4.69) is 38.9 Å². The summed E-state index contributed by atoms with van der Waals surface area (Å²) in [5, 5.41) is 13.6. The Morgan fingerprint density at radius 2 is 2.00 bits per heavy atom. The Kier molecular flexibility index (Phi) is 6.79. The standard InChI is InChI=1S/C20H33N5O2/c1-16(25-12-13-27-15-17(25)2)14-22-20(21-3)24-10-8-23(9-11-24)18-6-4-5-7-19(18)26/h4-7,16-17,26H,8-15H2,1-3H3,(H,21,22). The highest BCUT2D eigenvalue weighted by Crippen LogP contribution is 2.27. The lowest BCUT2D eigenvalue weighted by atomic mass is 10.2. The molecule has 2 N–H and O–H groups in total. The van der Waals surface area contributed by atoms with Crippen molar-refractivity contribution in [1.29, 1.82) is 0 Å². The molecule has 1 aromatic rings. The van der Waals surface area contributed by atoms with Gasteiger partial charge in [-0.25, -0.2) is 0 Å². The van der Waals surface area contributed by atoms with Crippen molar-refractivity contribution in [2.45, 2.75) is 25.9 Å². The molecule has 1 aromatic carbocycles. The van der Waals surface area contributed by atoms with Crippen LogP contribution in [0.15, 0.2) is 29.3 Å². The second kappa shape index (κ2) is 9.28. The van der Waals surface area contributed by atoms with E-state index in [-0.39, 0.29) is 0 Å². The highest BCUT2D eigenvalue weighted by atomic mass is 16.5. The number of aromatic hydroxyl groups is 1. The zero-order chi connectivity index (χ0) is 19.2. The molecule has 3 rings (SSSR count). The molecule has 0 saturated carbocycles. The smallest absolute Gasteiger partial charge is 0.193 e. The lowest BCUT2D eigenvalue weighted by Crippen LogP contribution is -2.56. The third-order valence-electron chi connectivity index (χ3n) is 5.55. The maximum atomic E-state index is 10.1. The highest BCUT2D eigenvalue weighted by molar-refractivity contribution is 5.80. The Bertz CT molecular complexity index is 631. The van der Waals surface area contributed by atoms with E-state index >= 15 is 0 Å². The molecule has 27 heavy (non-hydrogen) atoms. The van der Waals surface area contributed by atoms with Crippen molar-refractivity contribution in [2.24, 2.45) is 4.99 Å². The number of anilines is 1. The fourth-order valence-corrected chi connectivity index (χ4v) is 3.97. The molecular formula is C20H33N5O2. The van der Waals surface area contributed by atoms with Crippen LogP contribution in [0.3, 0.4) is 0 Å². The third-order valence-corrected chi connectivity index (χ3v) is 5.55. The van der Waals surface area contributed by atoms with Crippen molar-refractivity contribution in [3.05, 3.63) is 24.3 Å². The van der Waals surface area contributed by atoms with Crippen LogP contribution < -0.4 is 10.2 Å². The number of morpholine rings is 1. The van der Waals surface area contributed by atoms with Crippen molar-refractivity contribution in [3.63, 3.8) is 0 Å². The second-order valence-electron chi connectivity index (χ2n) is 7.40. The predicted octanol–water partition coefficient (Wildman–Crippen LogP) is 1.20. The van der Waals surface area contributed by atoms with E-state index in [4.69, 9.17) is 4.74 Å². The summed E-state index contributed by atoms with van der Waals surface area (Å²) in [6.07, 6.45) is 0. The molecule has 0 bridgehead atoms. The Morgan fingerprint density at radius 1 is 1.26 bits per heavy atom. The first kappa shape index (κ1) is 19.8. The minimum atomic E-state index is 0.349. The fourth-order valence-electron chi connectivity index (χ4n) is 3.97. The normalized spacial score (nSPS) is 23.4. The van der Waals surface area contributed by atoms with Crippen LogP contribution in [-0.4, -0.2) is 92.5 Å². The lowest BCUT2D eigenvalue weighted by molar-refractivity contribution is -0.0175. The number of phenolic OH excluding ortho intramolecular Hbond substituents is 1. The molecule has 2 saturated heterocycles. The first-order chi connectivity index (χ1) is 13.1. The largest absolute Gasteiger partial charge is 0.506 e. The van der Waals surface area contributed by atoms with Crippen LogP contribution in [0.4, 0.5) is 5.69 Å². The summed E-state index contributed by atoms with van der Waals surface area (Å²) in [5.74, 6) is 1.31. The summed E-state index contributed by atoms with van der Waals surface area (Å²) in [5.41, 5.74) is 0.912. The van der Waals surface area contributed by atoms with Gasteiger partial charge >= 0.3 is 0 Å². The van der Waals surface area contributed by atoms with Gasteiger partial charge in [0.25, 0.3) is 0 Å². The molecule has 2 unspecified atom stereocenters. The number of hydrogen-bond donors (Lipinski definition) is 2. The van der Waals surface area contributed by atoms with Crippen LogP contribution >= 0.6 is 0 Å². The number of para-hydroxylation sites is 2. The first-order valence-electron chi connectivity index (χ1n) is 9.92. The summed E-state index contributed by atoms with van der Waals surface area (Å²) in [6.45, 7) is 11.5. The number of benzene rings is 1. The number of guanidine groups is 1. The molecule has 0 radical (unpaired) electrons. The summed E-state index contributed by atoms with van der Waals surface area (Å²) in [4.78, 5) is 11.5. The van der Waals surface area contributed by atoms with Crippen LogP contribution in [-0.2, 0) is 4.74 Å². The van der Waals surface area contributed by atoms with Gasteiger partial charge in [0.15, 0.2) is 5.96 Å². The van der Waals surface area contributed by atoms with Gasteiger partial charge in [0.2, 0.25) is 0 Å². The lowest BCUT2D eigenvalue weighted by Gasteiger charge is -2.40. The number of nitrogens with one attached hydrogen (secondary N) is 1. The van der Waals surface area contributed by atoms with Crippen molar-refractivity contribution in [2.75, 3.05) is 64.4 Å². The number of nitrogens with zero attached hydrogens (tertiary/aromatic N) is 4. The first-order valence-corrected chi connectivity index (χ1v) is 9.92. The van der Waals surface area contributed by atoms with Crippen molar-refractivity contribution < 1.29 is 9.84 Å². The summed E-state index contributed by atoms with van der Waals surface area (Å²) in [7, 11) is 1.85. The van der Waals surface area contributed by atoms with Gasteiger partial charge in [0.1, 0.15) is 5.75 Å². The Balaban J connectivity index is 1.50. The molecule has 2 aliphatic heterocycles.